The van der Waals surface area contributed by atoms with Crippen molar-refractivity contribution in [1.82, 2.24) is 0 Å². The first-order valence-corrected chi connectivity index (χ1v) is 4.89. The lowest BCUT2D eigenvalue weighted by molar-refractivity contribution is -0.147. The van der Waals surface area contributed by atoms with Crippen LogP contribution in [-0.2, 0) is 9.53 Å². The third-order valence-corrected chi connectivity index (χ3v) is 1.93. The predicted octanol–water partition coefficient (Wildman–Crippen LogP) is 2.79. The number of carbonyl (C=O) groups excluding carboxylic acids is 1. The maximum Gasteiger partial charge on any atom is 0.309 e. The molecule has 0 fully saturated rings. The van der Waals surface area contributed by atoms with Gasteiger partial charge in [0.2, 0.25) is 0 Å². The molecule has 1 atom stereocenters. The van der Waals surface area contributed by atoms with Crippen LogP contribution in [0.25, 0.3) is 0 Å². The summed E-state index contributed by atoms with van der Waals surface area (Å²) in [6.07, 6.45) is 3.36. The van der Waals surface area contributed by atoms with Crippen LogP contribution in [-0.4, -0.2) is 12.6 Å². The predicted molar refractivity (Wildman–Crippen MR) is 54.4 cm³/mol. The van der Waals surface area contributed by atoms with E-state index in [2.05, 4.69) is 20.4 Å². The second-order valence-electron chi connectivity index (χ2n) is 3.65. The third kappa shape index (κ3) is 5.45. The van der Waals surface area contributed by atoms with Gasteiger partial charge in [-0.05, 0) is 18.8 Å². The zero-order valence-corrected chi connectivity index (χ0v) is 8.88. The fourth-order valence-electron chi connectivity index (χ4n) is 1.26. The third-order valence-electron chi connectivity index (χ3n) is 1.93. The highest BCUT2D eigenvalue weighted by Crippen LogP contribution is 2.16. The van der Waals surface area contributed by atoms with Crippen LogP contribution < -0.4 is 0 Å². The molecule has 0 amide bonds. The molecule has 0 N–H and O–H groups in total. The number of carbonyl (C=O) groups is 1. The Kier molecular flexibility index (Phi) is 6.29. The van der Waals surface area contributed by atoms with E-state index in [1.54, 1.807) is 6.08 Å². The van der Waals surface area contributed by atoms with Crippen LogP contribution in [0.2, 0.25) is 0 Å². The second-order valence-corrected chi connectivity index (χ2v) is 3.65. The minimum absolute atomic E-state index is 0.0555. The molecule has 0 unspecified atom stereocenters. The van der Waals surface area contributed by atoms with Gasteiger partial charge in [0.1, 0.15) is 6.61 Å². The van der Waals surface area contributed by atoms with Gasteiger partial charge in [0.15, 0.2) is 0 Å². The number of esters is 1. The van der Waals surface area contributed by atoms with E-state index in [4.69, 9.17) is 4.74 Å². The van der Waals surface area contributed by atoms with Crippen molar-refractivity contribution in [2.45, 2.75) is 33.6 Å². The van der Waals surface area contributed by atoms with Gasteiger partial charge >= 0.3 is 5.97 Å². The van der Waals surface area contributed by atoms with Crippen molar-refractivity contribution in [2.75, 3.05) is 6.61 Å². The van der Waals surface area contributed by atoms with Crippen molar-refractivity contribution in [3.8, 4) is 0 Å². The summed E-state index contributed by atoms with van der Waals surface area (Å²) in [5.41, 5.74) is 0. The van der Waals surface area contributed by atoms with E-state index < -0.39 is 0 Å². The summed E-state index contributed by atoms with van der Waals surface area (Å²) in [5.74, 6) is 0.511. The van der Waals surface area contributed by atoms with Crippen LogP contribution in [0.15, 0.2) is 12.7 Å². The SMILES string of the molecule is C=CCOC(=O)[C@@H](CC)CC(C)C. The first-order valence-electron chi connectivity index (χ1n) is 4.89. The molecular formula is C11H20O2. The number of rotatable bonds is 6. The van der Waals surface area contributed by atoms with Gasteiger partial charge in [-0.15, -0.1) is 0 Å². The summed E-state index contributed by atoms with van der Waals surface area (Å²) in [6, 6.07) is 0. The smallest absolute Gasteiger partial charge is 0.309 e. The van der Waals surface area contributed by atoms with Crippen LogP contribution in [0.3, 0.4) is 0 Å². The Hall–Kier alpha value is -0.790. The summed E-state index contributed by atoms with van der Waals surface area (Å²) in [7, 11) is 0. The van der Waals surface area contributed by atoms with Crippen LogP contribution >= 0.6 is 0 Å². The molecule has 0 bridgehead atoms. The van der Waals surface area contributed by atoms with Gasteiger partial charge in [-0.2, -0.15) is 0 Å². The molecule has 0 saturated heterocycles. The Labute approximate surface area is 81.0 Å². The van der Waals surface area contributed by atoms with Crippen LogP contribution in [0, 0.1) is 11.8 Å². The van der Waals surface area contributed by atoms with Crippen molar-refractivity contribution in [1.29, 1.82) is 0 Å². The highest BCUT2D eigenvalue weighted by molar-refractivity contribution is 5.72. The Balaban J connectivity index is 3.91. The highest BCUT2D eigenvalue weighted by atomic mass is 16.5. The minimum atomic E-state index is -0.0869. The van der Waals surface area contributed by atoms with Crippen LogP contribution in [0.5, 0.6) is 0 Å². The molecule has 0 aliphatic carbocycles. The van der Waals surface area contributed by atoms with Gasteiger partial charge in [0.05, 0.1) is 5.92 Å². The van der Waals surface area contributed by atoms with E-state index in [1.807, 2.05) is 6.92 Å². The molecule has 0 aromatic rings. The van der Waals surface area contributed by atoms with Gasteiger partial charge < -0.3 is 4.74 Å². The van der Waals surface area contributed by atoms with Crippen LogP contribution in [0.1, 0.15) is 33.6 Å². The van der Waals surface area contributed by atoms with Crippen molar-refractivity contribution in [3.63, 3.8) is 0 Å². The molecular weight excluding hydrogens is 164 g/mol. The average molecular weight is 184 g/mol. The van der Waals surface area contributed by atoms with E-state index in [0.717, 1.165) is 12.8 Å². The molecule has 0 aromatic carbocycles. The lowest BCUT2D eigenvalue weighted by atomic mass is 9.95. The summed E-state index contributed by atoms with van der Waals surface area (Å²) in [5, 5.41) is 0. The fraction of sp³-hybridized carbons (Fsp3) is 0.727. The maximum absolute atomic E-state index is 11.4. The Morgan fingerprint density at radius 1 is 1.54 bits per heavy atom. The van der Waals surface area contributed by atoms with Gasteiger partial charge in [0.25, 0.3) is 0 Å². The monoisotopic (exact) mass is 184 g/mol. The Morgan fingerprint density at radius 3 is 2.54 bits per heavy atom. The largest absolute Gasteiger partial charge is 0.461 e. The Bertz CT molecular complexity index is 161. The average Bonchev–Trinajstić information content (AvgIpc) is 2.09. The van der Waals surface area contributed by atoms with Crippen LogP contribution in [0.4, 0.5) is 0 Å². The molecule has 13 heavy (non-hydrogen) atoms. The zero-order chi connectivity index (χ0) is 10.3. The van der Waals surface area contributed by atoms with Crippen molar-refractivity contribution >= 4 is 5.97 Å². The molecule has 0 saturated carbocycles. The summed E-state index contributed by atoms with van der Waals surface area (Å²) >= 11 is 0. The molecule has 0 spiro atoms. The highest BCUT2D eigenvalue weighted by Gasteiger charge is 2.18. The molecule has 2 heteroatoms. The molecule has 76 valence electrons. The summed E-state index contributed by atoms with van der Waals surface area (Å²) in [4.78, 5) is 11.4. The number of ether oxygens (including phenoxy) is 1. The maximum atomic E-state index is 11.4. The lowest BCUT2D eigenvalue weighted by Gasteiger charge is -2.15. The second kappa shape index (κ2) is 6.70. The molecule has 0 heterocycles. The van der Waals surface area contributed by atoms with Crippen molar-refractivity contribution in [2.24, 2.45) is 11.8 Å². The van der Waals surface area contributed by atoms with E-state index in [0.29, 0.717) is 12.5 Å². The lowest BCUT2D eigenvalue weighted by Crippen LogP contribution is -2.18. The van der Waals surface area contributed by atoms with E-state index >= 15 is 0 Å². The quantitative estimate of drug-likeness (QED) is 0.468. The first kappa shape index (κ1) is 12.2. The zero-order valence-electron chi connectivity index (χ0n) is 8.88. The van der Waals surface area contributed by atoms with E-state index in [-0.39, 0.29) is 11.9 Å². The van der Waals surface area contributed by atoms with Gasteiger partial charge in [0, 0.05) is 0 Å². The molecule has 0 aliphatic heterocycles. The standard InChI is InChI=1S/C11H20O2/c1-5-7-13-11(12)10(6-2)8-9(3)4/h5,9-10H,1,6-8H2,2-4H3/t10-/m0/s1. The van der Waals surface area contributed by atoms with Crippen molar-refractivity contribution < 1.29 is 9.53 Å². The first-order chi connectivity index (χ1) is 6.11. The van der Waals surface area contributed by atoms with Crippen molar-refractivity contribution in [3.05, 3.63) is 12.7 Å². The summed E-state index contributed by atoms with van der Waals surface area (Å²) < 4.78 is 4.99. The molecule has 0 radical (unpaired) electrons. The fourth-order valence-corrected chi connectivity index (χ4v) is 1.26. The van der Waals surface area contributed by atoms with Gasteiger partial charge in [-0.1, -0.05) is 33.4 Å². The summed E-state index contributed by atoms with van der Waals surface area (Å²) in [6.45, 7) is 10.1. The number of hydrogen-bond donors (Lipinski definition) is 0. The van der Waals surface area contributed by atoms with E-state index in [1.165, 1.54) is 0 Å². The van der Waals surface area contributed by atoms with Gasteiger partial charge in [-0.25, -0.2) is 0 Å². The molecule has 0 aliphatic rings. The Morgan fingerprint density at radius 2 is 2.15 bits per heavy atom. The van der Waals surface area contributed by atoms with E-state index in [9.17, 15) is 4.79 Å². The minimum Gasteiger partial charge on any atom is -0.461 e. The number of hydrogen-bond acceptors (Lipinski definition) is 2. The molecule has 0 rings (SSSR count). The van der Waals surface area contributed by atoms with Gasteiger partial charge in [-0.3, -0.25) is 4.79 Å². The molecule has 0 aromatic heterocycles. The topological polar surface area (TPSA) is 26.3 Å². The molecule has 2 nitrogen and oxygen atoms in total. The normalized spacial score (nSPS) is 12.6.